The van der Waals surface area contributed by atoms with Crippen LogP contribution in [0.4, 0.5) is 0 Å². The first-order valence-electron chi connectivity index (χ1n) is 14.4. The van der Waals surface area contributed by atoms with Gasteiger partial charge in [-0.05, 0) is 46.5 Å². The summed E-state index contributed by atoms with van der Waals surface area (Å²) in [5.41, 5.74) is 4.46. The third-order valence-corrected chi connectivity index (χ3v) is 8.00. The summed E-state index contributed by atoms with van der Waals surface area (Å²) in [6, 6.07) is 15.1. The predicted molar refractivity (Wildman–Crippen MR) is 163 cm³/mol. The summed E-state index contributed by atoms with van der Waals surface area (Å²) in [4.78, 5) is 16.0. The molecule has 0 saturated carbocycles. The molecular formula is C31H43N6O3Si. The molecule has 1 saturated heterocycles. The van der Waals surface area contributed by atoms with Gasteiger partial charge in [-0.25, -0.2) is 4.68 Å². The summed E-state index contributed by atoms with van der Waals surface area (Å²) < 4.78 is 8.37. The molecule has 1 atom stereocenters. The van der Waals surface area contributed by atoms with E-state index < -0.39 is 15.0 Å². The number of aromatic nitrogens is 4. The van der Waals surface area contributed by atoms with Crippen LogP contribution in [0, 0.1) is 0 Å². The van der Waals surface area contributed by atoms with E-state index in [1.165, 1.54) is 16.7 Å². The lowest BCUT2D eigenvalue weighted by molar-refractivity contribution is -0.137. The maximum absolute atomic E-state index is 11.0. The van der Waals surface area contributed by atoms with E-state index in [1.54, 1.807) is 4.68 Å². The molecule has 10 heteroatoms. The first-order valence-corrected chi connectivity index (χ1v) is 16.8. The average molecular weight is 576 g/mol. The molecule has 219 valence electrons. The Labute approximate surface area is 245 Å². The van der Waals surface area contributed by atoms with Crippen LogP contribution in [-0.4, -0.2) is 82.8 Å². The summed E-state index contributed by atoms with van der Waals surface area (Å²) in [6.07, 6.45) is 2.53. The van der Waals surface area contributed by atoms with Gasteiger partial charge in [0.15, 0.2) is 5.82 Å². The Morgan fingerprint density at radius 1 is 1.12 bits per heavy atom. The number of para-hydroxylation sites is 1. The minimum absolute atomic E-state index is 0.0279. The fourth-order valence-corrected chi connectivity index (χ4v) is 6.05. The second-order valence-electron chi connectivity index (χ2n) is 11.9. The Balaban J connectivity index is 1.73. The number of carboxylic acids is 1. The van der Waals surface area contributed by atoms with Crippen molar-refractivity contribution in [3.63, 3.8) is 0 Å². The lowest BCUT2D eigenvalue weighted by Crippen LogP contribution is -2.47. The first-order chi connectivity index (χ1) is 19.6. The molecule has 41 heavy (non-hydrogen) atoms. The minimum Gasteiger partial charge on any atom is -0.542 e. The van der Waals surface area contributed by atoms with Gasteiger partial charge in [-0.15, -0.1) is 11.7 Å². The predicted octanol–water partition coefficient (Wildman–Crippen LogP) is 5.03. The van der Waals surface area contributed by atoms with E-state index in [-0.39, 0.29) is 17.9 Å². The highest BCUT2D eigenvalue weighted by atomic mass is 28.3. The molecule has 0 bridgehead atoms. The number of carbonyl (C=O) groups is 1. The fourth-order valence-electron chi connectivity index (χ4n) is 5.41. The number of aliphatic carboxylic acids is 1. The normalized spacial score (nSPS) is 15.7. The van der Waals surface area contributed by atoms with Crippen molar-refractivity contribution in [2.75, 3.05) is 32.7 Å². The third-order valence-electron chi connectivity index (χ3n) is 7.39. The van der Waals surface area contributed by atoms with Crippen molar-refractivity contribution in [2.45, 2.75) is 64.7 Å². The molecule has 1 aromatic heterocycles. The quantitative estimate of drug-likeness (QED) is 0.237. The second-order valence-corrected chi connectivity index (χ2v) is 13.9. The van der Waals surface area contributed by atoms with Crippen molar-refractivity contribution in [2.24, 2.45) is 0 Å². The van der Waals surface area contributed by atoms with Crippen molar-refractivity contribution in [1.29, 1.82) is 0 Å². The van der Waals surface area contributed by atoms with Gasteiger partial charge in [-0.3, -0.25) is 14.6 Å². The number of carboxylic acid groups (broad SMARTS) is 1. The molecule has 1 unspecified atom stereocenters. The summed E-state index contributed by atoms with van der Waals surface area (Å²) in [7, 11) is -1.00. The van der Waals surface area contributed by atoms with Crippen LogP contribution in [0.1, 0.15) is 56.3 Å². The van der Waals surface area contributed by atoms with Crippen molar-refractivity contribution in [1.82, 2.24) is 30.0 Å². The van der Waals surface area contributed by atoms with Crippen LogP contribution in [0.2, 0.25) is 13.1 Å². The topological polar surface area (TPSA) is 96.6 Å². The molecule has 0 amide bonds. The molecule has 1 aliphatic rings. The van der Waals surface area contributed by atoms with Gasteiger partial charge in [-0.1, -0.05) is 69.3 Å². The van der Waals surface area contributed by atoms with Crippen LogP contribution in [0.5, 0.6) is 5.75 Å². The maximum Gasteiger partial charge on any atom is 0.303 e. The summed E-state index contributed by atoms with van der Waals surface area (Å²) in [6.45, 7) is 20.2. The highest BCUT2D eigenvalue weighted by Crippen LogP contribution is 2.42. The van der Waals surface area contributed by atoms with Crippen molar-refractivity contribution in [3.8, 4) is 17.1 Å². The number of hydrogen-bond acceptors (Lipinski definition) is 7. The first kappa shape index (κ1) is 30.6. The van der Waals surface area contributed by atoms with Crippen molar-refractivity contribution in [3.05, 3.63) is 71.8 Å². The number of rotatable bonds is 12. The zero-order valence-corrected chi connectivity index (χ0v) is 26.0. The summed E-state index contributed by atoms with van der Waals surface area (Å²) >= 11 is 0. The highest BCUT2D eigenvalue weighted by Gasteiger charge is 2.31. The maximum atomic E-state index is 11.0. The molecular weight excluding hydrogens is 532 g/mol. The molecule has 1 fully saturated rings. The minimum atomic E-state index is -1.00. The Morgan fingerprint density at radius 3 is 2.44 bits per heavy atom. The van der Waals surface area contributed by atoms with Crippen LogP contribution < -0.4 is 4.43 Å². The fraction of sp³-hybridized carbons (Fsp3) is 0.484. The molecule has 1 N–H and O–H groups in total. The molecule has 3 aromatic rings. The SMILES string of the molecule is C=CCN1CCN(C(c2ccc(-c3nnnn3CCCC(=O)O)cc2)c2cccc(C(C)(C)C)c2O[Si](C)C)CC1. The van der Waals surface area contributed by atoms with E-state index in [2.05, 4.69) is 108 Å². The summed E-state index contributed by atoms with van der Waals surface area (Å²) in [5, 5.41) is 21.2. The van der Waals surface area contributed by atoms with Gasteiger partial charge in [-0.2, -0.15) is 0 Å². The number of hydrogen-bond donors (Lipinski definition) is 1. The van der Waals surface area contributed by atoms with Crippen LogP contribution in [0.15, 0.2) is 55.1 Å². The van der Waals surface area contributed by atoms with Gasteiger partial charge >= 0.3 is 5.97 Å². The number of piperazine rings is 1. The van der Waals surface area contributed by atoms with E-state index in [9.17, 15) is 4.79 Å². The Hall–Kier alpha value is -3.34. The third kappa shape index (κ3) is 7.69. The van der Waals surface area contributed by atoms with E-state index in [0.29, 0.717) is 18.8 Å². The van der Waals surface area contributed by atoms with Gasteiger partial charge in [0.05, 0.1) is 6.04 Å². The lowest BCUT2D eigenvalue weighted by atomic mass is 9.83. The van der Waals surface area contributed by atoms with Gasteiger partial charge in [0.1, 0.15) is 5.75 Å². The molecule has 0 spiro atoms. The Bertz CT molecular complexity index is 1310. The Kier molecular flexibility index (Phi) is 10.1. The largest absolute Gasteiger partial charge is 0.542 e. The van der Waals surface area contributed by atoms with E-state index >= 15 is 0 Å². The van der Waals surface area contributed by atoms with Crippen molar-refractivity contribution < 1.29 is 14.3 Å². The van der Waals surface area contributed by atoms with E-state index in [1.807, 2.05) is 6.08 Å². The standard InChI is InChI=1S/C31H43N6O3Si/c1-7-17-35-19-21-36(22-20-35)28(25-10-8-11-26(31(2,3)4)29(25)40-41(5)6)23-13-15-24(16-14-23)30-32-33-34-37(30)18-9-12-27(38)39/h7-8,10-11,13-16,28H,1,9,12,17-22H2,2-6H3,(H,38,39). The van der Waals surface area contributed by atoms with Gasteiger partial charge in [0.25, 0.3) is 9.04 Å². The summed E-state index contributed by atoms with van der Waals surface area (Å²) in [5.74, 6) is 0.835. The molecule has 4 rings (SSSR count). The van der Waals surface area contributed by atoms with Gasteiger partial charge in [0, 0.05) is 56.8 Å². The second kappa shape index (κ2) is 13.5. The molecule has 1 aliphatic heterocycles. The van der Waals surface area contributed by atoms with Crippen LogP contribution in [0.25, 0.3) is 11.4 Å². The molecule has 1 radical (unpaired) electrons. The molecule has 2 aromatic carbocycles. The van der Waals surface area contributed by atoms with Crippen LogP contribution in [0.3, 0.4) is 0 Å². The smallest absolute Gasteiger partial charge is 0.303 e. The van der Waals surface area contributed by atoms with Crippen LogP contribution in [-0.2, 0) is 16.8 Å². The van der Waals surface area contributed by atoms with E-state index in [4.69, 9.17) is 9.53 Å². The molecule has 9 nitrogen and oxygen atoms in total. The van der Waals surface area contributed by atoms with Crippen LogP contribution >= 0.6 is 0 Å². The average Bonchev–Trinajstić information content (AvgIpc) is 3.38. The number of benzene rings is 2. The lowest BCUT2D eigenvalue weighted by Gasteiger charge is -2.40. The number of nitrogens with zero attached hydrogens (tertiary/aromatic N) is 6. The molecule has 2 heterocycles. The number of aryl methyl sites for hydroxylation is 1. The zero-order valence-electron chi connectivity index (χ0n) is 25.0. The van der Waals surface area contributed by atoms with Crippen molar-refractivity contribution >= 4 is 15.0 Å². The Morgan fingerprint density at radius 2 is 1.83 bits per heavy atom. The zero-order chi connectivity index (χ0) is 29.6. The monoisotopic (exact) mass is 575 g/mol. The van der Waals surface area contributed by atoms with Gasteiger partial charge in [0.2, 0.25) is 0 Å². The molecule has 0 aliphatic carbocycles. The number of tetrazole rings is 1. The van der Waals surface area contributed by atoms with Gasteiger partial charge < -0.3 is 9.53 Å². The highest BCUT2D eigenvalue weighted by molar-refractivity contribution is 6.49. The van der Waals surface area contributed by atoms with E-state index in [0.717, 1.165) is 44.0 Å².